The Morgan fingerprint density at radius 1 is 0.824 bits per heavy atom. The number of benzene rings is 1. The Morgan fingerprint density at radius 2 is 1.59 bits per heavy atom. The summed E-state index contributed by atoms with van der Waals surface area (Å²) >= 11 is 0. The highest BCUT2D eigenvalue weighted by Gasteiger charge is 2.07. The summed E-state index contributed by atoms with van der Waals surface area (Å²) in [6.07, 6.45) is 5.19. The lowest BCUT2D eigenvalue weighted by Crippen LogP contribution is -1.76. The van der Waals surface area contributed by atoms with E-state index in [0.717, 1.165) is 16.9 Å². The van der Waals surface area contributed by atoms with E-state index in [1.807, 2.05) is 42.5 Å². The molecule has 0 aliphatic carbocycles. The fourth-order valence-electron chi connectivity index (χ4n) is 1.64. The molecular weight excluding hydrogens is 212 g/mol. The molecule has 0 N–H and O–H groups in total. The predicted octanol–water partition coefficient (Wildman–Crippen LogP) is 3.40. The van der Waals surface area contributed by atoms with E-state index in [4.69, 9.17) is 4.42 Å². The van der Waals surface area contributed by atoms with Crippen LogP contribution in [-0.2, 0) is 0 Å². The molecule has 1 aromatic carbocycles. The molecule has 0 fully saturated rings. The van der Waals surface area contributed by atoms with E-state index in [1.165, 1.54) is 0 Å². The zero-order chi connectivity index (χ0) is 11.5. The second kappa shape index (κ2) is 4.22. The highest BCUT2D eigenvalue weighted by atomic mass is 16.4. The van der Waals surface area contributed by atoms with Gasteiger partial charge in [-0.3, -0.25) is 4.98 Å². The molecule has 0 unspecified atom stereocenters. The van der Waals surface area contributed by atoms with Crippen LogP contribution in [-0.4, -0.2) is 9.97 Å². The summed E-state index contributed by atoms with van der Waals surface area (Å²) in [6, 6.07) is 13.7. The van der Waals surface area contributed by atoms with Crippen LogP contribution < -0.4 is 0 Å². The van der Waals surface area contributed by atoms with Crippen molar-refractivity contribution in [1.29, 1.82) is 0 Å². The lowest BCUT2D eigenvalue weighted by molar-refractivity contribution is 0.589. The smallest absolute Gasteiger partial charge is 0.226 e. The van der Waals surface area contributed by atoms with E-state index in [0.29, 0.717) is 5.89 Å². The first-order chi connectivity index (χ1) is 8.43. The summed E-state index contributed by atoms with van der Waals surface area (Å²) in [4.78, 5) is 8.23. The highest BCUT2D eigenvalue weighted by molar-refractivity contribution is 5.60. The summed E-state index contributed by atoms with van der Waals surface area (Å²) < 4.78 is 5.72. The van der Waals surface area contributed by atoms with Gasteiger partial charge in [-0.25, -0.2) is 4.98 Å². The maximum Gasteiger partial charge on any atom is 0.226 e. The fraction of sp³-hybridized carbons (Fsp3) is 0. The molecule has 0 radical (unpaired) electrons. The van der Waals surface area contributed by atoms with Crippen molar-refractivity contribution < 1.29 is 4.42 Å². The van der Waals surface area contributed by atoms with Crippen LogP contribution in [0.5, 0.6) is 0 Å². The number of hydrogen-bond donors (Lipinski definition) is 0. The first kappa shape index (κ1) is 9.78. The normalized spacial score (nSPS) is 10.4. The third kappa shape index (κ3) is 1.95. The largest absolute Gasteiger partial charge is 0.436 e. The van der Waals surface area contributed by atoms with Crippen molar-refractivity contribution in [1.82, 2.24) is 9.97 Å². The molecule has 2 aromatic heterocycles. The van der Waals surface area contributed by atoms with Crippen LogP contribution in [0.2, 0.25) is 0 Å². The van der Waals surface area contributed by atoms with Crippen LogP contribution >= 0.6 is 0 Å². The van der Waals surface area contributed by atoms with Crippen molar-refractivity contribution in [2.45, 2.75) is 0 Å². The van der Waals surface area contributed by atoms with Gasteiger partial charge in [-0.05, 0) is 12.1 Å². The zero-order valence-electron chi connectivity index (χ0n) is 9.08. The van der Waals surface area contributed by atoms with Crippen molar-refractivity contribution in [2.24, 2.45) is 0 Å². The van der Waals surface area contributed by atoms with E-state index < -0.39 is 0 Å². The molecule has 0 aliphatic rings. The van der Waals surface area contributed by atoms with Crippen LogP contribution in [0.25, 0.3) is 22.8 Å². The molecule has 3 heteroatoms. The van der Waals surface area contributed by atoms with Gasteiger partial charge in [-0.1, -0.05) is 30.3 Å². The monoisotopic (exact) mass is 222 g/mol. The van der Waals surface area contributed by atoms with Crippen LogP contribution in [0, 0.1) is 0 Å². The topological polar surface area (TPSA) is 38.9 Å². The first-order valence-corrected chi connectivity index (χ1v) is 5.35. The lowest BCUT2D eigenvalue weighted by Gasteiger charge is -1.95. The molecule has 3 aromatic rings. The molecule has 0 atom stereocenters. The van der Waals surface area contributed by atoms with E-state index in [2.05, 4.69) is 9.97 Å². The summed E-state index contributed by atoms with van der Waals surface area (Å²) in [6.45, 7) is 0. The summed E-state index contributed by atoms with van der Waals surface area (Å²) in [5.74, 6) is 1.39. The van der Waals surface area contributed by atoms with Gasteiger partial charge >= 0.3 is 0 Å². The van der Waals surface area contributed by atoms with Gasteiger partial charge in [0.15, 0.2) is 5.76 Å². The van der Waals surface area contributed by atoms with Gasteiger partial charge < -0.3 is 4.42 Å². The predicted molar refractivity (Wildman–Crippen MR) is 65.2 cm³/mol. The van der Waals surface area contributed by atoms with Gasteiger partial charge in [0, 0.05) is 23.5 Å². The number of aromatic nitrogens is 2. The van der Waals surface area contributed by atoms with Crippen molar-refractivity contribution in [3.63, 3.8) is 0 Å². The highest BCUT2D eigenvalue weighted by Crippen LogP contribution is 2.25. The molecule has 17 heavy (non-hydrogen) atoms. The molecule has 0 saturated heterocycles. The van der Waals surface area contributed by atoms with Crippen LogP contribution in [0.1, 0.15) is 0 Å². The van der Waals surface area contributed by atoms with Gasteiger partial charge in [-0.15, -0.1) is 0 Å². The molecule has 82 valence electrons. The SMILES string of the molecule is c1ccc(-c2cnc(-c3ccncc3)o2)cc1. The number of rotatable bonds is 2. The zero-order valence-corrected chi connectivity index (χ0v) is 9.08. The maximum absolute atomic E-state index is 5.72. The lowest BCUT2D eigenvalue weighted by atomic mass is 10.2. The van der Waals surface area contributed by atoms with E-state index in [1.54, 1.807) is 18.6 Å². The number of oxazole rings is 1. The molecule has 3 rings (SSSR count). The first-order valence-electron chi connectivity index (χ1n) is 5.35. The molecule has 0 spiro atoms. The Bertz CT molecular complexity index is 548. The van der Waals surface area contributed by atoms with E-state index in [9.17, 15) is 0 Å². The Kier molecular flexibility index (Phi) is 2.43. The maximum atomic E-state index is 5.72. The van der Waals surface area contributed by atoms with E-state index in [-0.39, 0.29) is 0 Å². The van der Waals surface area contributed by atoms with Gasteiger partial charge in [-0.2, -0.15) is 0 Å². The minimum Gasteiger partial charge on any atom is -0.436 e. The van der Waals surface area contributed by atoms with Gasteiger partial charge in [0.25, 0.3) is 0 Å². The van der Waals surface area contributed by atoms with E-state index >= 15 is 0 Å². The average Bonchev–Trinajstić information content (AvgIpc) is 2.90. The van der Waals surface area contributed by atoms with Crippen LogP contribution in [0.4, 0.5) is 0 Å². The molecule has 0 bridgehead atoms. The summed E-state index contributed by atoms with van der Waals surface area (Å²) in [5, 5.41) is 0. The number of pyridine rings is 1. The fourth-order valence-corrected chi connectivity index (χ4v) is 1.64. The van der Waals surface area contributed by atoms with Crippen LogP contribution in [0.3, 0.4) is 0 Å². The van der Waals surface area contributed by atoms with Gasteiger partial charge in [0.05, 0.1) is 6.20 Å². The van der Waals surface area contributed by atoms with Crippen molar-refractivity contribution in [3.05, 3.63) is 61.1 Å². The molecule has 0 amide bonds. The summed E-state index contributed by atoms with van der Waals surface area (Å²) in [5.41, 5.74) is 1.96. The van der Waals surface area contributed by atoms with Crippen molar-refractivity contribution >= 4 is 0 Å². The Morgan fingerprint density at radius 3 is 2.35 bits per heavy atom. The second-order valence-corrected chi connectivity index (χ2v) is 3.63. The van der Waals surface area contributed by atoms with Crippen LogP contribution in [0.15, 0.2) is 65.5 Å². The Balaban J connectivity index is 1.99. The Hall–Kier alpha value is -2.42. The quantitative estimate of drug-likeness (QED) is 0.667. The minimum atomic E-state index is 0.617. The molecular formula is C14H10N2O. The number of nitrogens with zero attached hydrogens (tertiary/aromatic N) is 2. The van der Waals surface area contributed by atoms with Gasteiger partial charge in [0.2, 0.25) is 5.89 Å². The molecule has 0 saturated carbocycles. The third-order valence-electron chi connectivity index (χ3n) is 2.49. The average molecular weight is 222 g/mol. The third-order valence-corrected chi connectivity index (χ3v) is 2.49. The van der Waals surface area contributed by atoms with Crippen molar-refractivity contribution in [2.75, 3.05) is 0 Å². The number of hydrogen-bond acceptors (Lipinski definition) is 3. The molecule has 0 aliphatic heterocycles. The standard InChI is InChI=1S/C14H10N2O/c1-2-4-11(5-3-1)13-10-16-14(17-13)12-6-8-15-9-7-12/h1-10H. The second-order valence-electron chi connectivity index (χ2n) is 3.63. The molecule has 3 nitrogen and oxygen atoms in total. The minimum absolute atomic E-state index is 0.617. The van der Waals surface area contributed by atoms with Gasteiger partial charge in [0.1, 0.15) is 0 Å². The Labute approximate surface area is 98.8 Å². The van der Waals surface area contributed by atoms with Crippen molar-refractivity contribution in [3.8, 4) is 22.8 Å². The molecule has 2 heterocycles. The summed E-state index contributed by atoms with van der Waals surface area (Å²) in [7, 11) is 0.